The number of hydrogen-bond donors (Lipinski definition) is 2. The summed E-state index contributed by atoms with van der Waals surface area (Å²) < 4.78 is 0.973. The number of hydrogen-bond acceptors (Lipinski definition) is 2. The zero-order valence-electron chi connectivity index (χ0n) is 16.2. The highest BCUT2D eigenvalue weighted by Crippen LogP contribution is 2.19. The highest BCUT2D eigenvalue weighted by Gasteiger charge is 2.13. The first-order valence-electron chi connectivity index (χ1n) is 9.90. The Morgan fingerprint density at radius 1 is 0.885 bits per heavy atom. The molecule has 5 heteroatoms. The molecule has 0 atom stereocenters. The predicted octanol–water partition coefficient (Wildman–Crippen LogP) is 5.73. The maximum atomic E-state index is 11.9. The van der Waals surface area contributed by atoms with Gasteiger partial charge in [-0.15, -0.1) is 0 Å². The van der Waals surface area contributed by atoms with Gasteiger partial charge in [-0.1, -0.05) is 80.6 Å². The maximum absolute atomic E-state index is 11.9. The van der Waals surface area contributed by atoms with Gasteiger partial charge in [-0.2, -0.15) is 0 Å². The molecule has 0 bridgehead atoms. The molecular formula is C21H33BrN2O2. The van der Waals surface area contributed by atoms with Gasteiger partial charge in [-0.25, -0.2) is 0 Å². The van der Waals surface area contributed by atoms with E-state index in [1.54, 1.807) is 6.07 Å². The van der Waals surface area contributed by atoms with E-state index in [0.29, 0.717) is 12.2 Å². The lowest BCUT2D eigenvalue weighted by Crippen LogP contribution is -2.35. The van der Waals surface area contributed by atoms with E-state index >= 15 is 0 Å². The van der Waals surface area contributed by atoms with E-state index in [1.807, 2.05) is 19.1 Å². The van der Waals surface area contributed by atoms with Crippen LogP contribution in [0.15, 0.2) is 22.7 Å². The lowest BCUT2D eigenvalue weighted by molar-refractivity contribution is -0.136. The third-order valence-corrected chi connectivity index (χ3v) is 5.33. The topological polar surface area (TPSA) is 58.2 Å². The van der Waals surface area contributed by atoms with Crippen LogP contribution in [0.25, 0.3) is 0 Å². The molecule has 26 heavy (non-hydrogen) atoms. The second-order valence-electron chi connectivity index (χ2n) is 6.86. The van der Waals surface area contributed by atoms with Crippen LogP contribution < -0.4 is 10.6 Å². The molecule has 0 fully saturated rings. The Balaban J connectivity index is 2.05. The number of amides is 2. The third kappa shape index (κ3) is 9.95. The fourth-order valence-corrected chi connectivity index (χ4v) is 3.05. The second-order valence-corrected chi connectivity index (χ2v) is 7.71. The maximum Gasteiger partial charge on any atom is 0.313 e. The fraction of sp³-hybridized carbons (Fsp3) is 0.619. The average Bonchev–Trinajstić information content (AvgIpc) is 2.62. The highest BCUT2D eigenvalue weighted by molar-refractivity contribution is 9.10. The van der Waals surface area contributed by atoms with Crippen molar-refractivity contribution in [1.82, 2.24) is 5.32 Å². The fourth-order valence-electron chi connectivity index (χ4n) is 2.80. The average molecular weight is 425 g/mol. The predicted molar refractivity (Wildman–Crippen MR) is 112 cm³/mol. The van der Waals surface area contributed by atoms with Crippen molar-refractivity contribution in [3.63, 3.8) is 0 Å². The van der Waals surface area contributed by atoms with Gasteiger partial charge in [-0.3, -0.25) is 9.59 Å². The van der Waals surface area contributed by atoms with Gasteiger partial charge in [0.25, 0.3) is 0 Å². The number of rotatable bonds is 12. The summed E-state index contributed by atoms with van der Waals surface area (Å²) in [4.78, 5) is 23.7. The molecule has 0 aliphatic carbocycles. The van der Waals surface area contributed by atoms with E-state index in [0.717, 1.165) is 22.9 Å². The van der Waals surface area contributed by atoms with Gasteiger partial charge in [0.1, 0.15) is 0 Å². The Labute approximate surface area is 166 Å². The van der Waals surface area contributed by atoms with E-state index in [1.165, 1.54) is 51.4 Å². The summed E-state index contributed by atoms with van der Waals surface area (Å²) >= 11 is 3.41. The van der Waals surface area contributed by atoms with Crippen molar-refractivity contribution in [3.05, 3.63) is 28.2 Å². The summed E-state index contributed by atoms with van der Waals surface area (Å²) in [7, 11) is 0. The van der Waals surface area contributed by atoms with Crippen LogP contribution in [0.3, 0.4) is 0 Å². The van der Waals surface area contributed by atoms with Crippen LogP contribution in [0, 0.1) is 6.92 Å². The van der Waals surface area contributed by atoms with Crippen molar-refractivity contribution in [3.8, 4) is 0 Å². The minimum absolute atomic E-state index is 0.558. The minimum Gasteiger partial charge on any atom is -0.348 e. The summed E-state index contributed by atoms with van der Waals surface area (Å²) in [5.74, 6) is -1.18. The largest absolute Gasteiger partial charge is 0.348 e. The Morgan fingerprint density at radius 3 is 2.04 bits per heavy atom. The second kappa shape index (κ2) is 13.8. The third-order valence-electron chi connectivity index (χ3n) is 4.44. The molecule has 1 aromatic carbocycles. The number of anilines is 1. The Bertz CT molecular complexity index is 561. The molecule has 1 aromatic rings. The molecule has 2 amide bonds. The van der Waals surface area contributed by atoms with Crippen molar-refractivity contribution < 1.29 is 9.59 Å². The highest BCUT2D eigenvalue weighted by atomic mass is 79.9. The van der Waals surface area contributed by atoms with Gasteiger partial charge < -0.3 is 10.6 Å². The van der Waals surface area contributed by atoms with Crippen LogP contribution in [-0.2, 0) is 9.59 Å². The van der Waals surface area contributed by atoms with Gasteiger partial charge in [0.05, 0.1) is 0 Å². The zero-order valence-corrected chi connectivity index (χ0v) is 17.8. The first-order chi connectivity index (χ1) is 12.5. The van der Waals surface area contributed by atoms with Crippen LogP contribution in [0.1, 0.15) is 76.7 Å². The molecule has 0 unspecified atom stereocenters. The molecule has 0 aromatic heterocycles. The molecule has 0 saturated carbocycles. The van der Waals surface area contributed by atoms with E-state index in [4.69, 9.17) is 0 Å². The number of carbonyl (C=O) groups excluding carboxylic acids is 2. The molecule has 0 heterocycles. The Hall–Kier alpha value is -1.36. The lowest BCUT2D eigenvalue weighted by Gasteiger charge is -2.08. The van der Waals surface area contributed by atoms with Crippen LogP contribution in [-0.4, -0.2) is 18.4 Å². The van der Waals surface area contributed by atoms with Gasteiger partial charge in [0, 0.05) is 16.7 Å². The van der Waals surface area contributed by atoms with Crippen LogP contribution in [0.4, 0.5) is 5.69 Å². The van der Waals surface area contributed by atoms with Gasteiger partial charge in [0.15, 0.2) is 0 Å². The number of unbranched alkanes of at least 4 members (excludes halogenated alkanes) is 9. The van der Waals surface area contributed by atoms with Crippen molar-refractivity contribution in [2.45, 2.75) is 78.1 Å². The lowest BCUT2D eigenvalue weighted by atomic mass is 10.1. The zero-order chi connectivity index (χ0) is 19.2. The number of halogens is 1. The first-order valence-corrected chi connectivity index (χ1v) is 10.7. The molecule has 0 radical (unpaired) electrons. The normalized spacial score (nSPS) is 10.6. The SMILES string of the molecule is CCCCCCCCCCCCNC(=O)C(=O)Nc1ccc(Br)c(C)c1. The molecular weight excluding hydrogens is 392 g/mol. The van der Waals surface area contributed by atoms with E-state index in [2.05, 4.69) is 33.5 Å². The molecule has 0 saturated heterocycles. The van der Waals surface area contributed by atoms with Gasteiger partial charge >= 0.3 is 11.8 Å². The quantitative estimate of drug-likeness (QED) is 0.332. The van der Waals surface area contributed by atoms with E-state index in [9.17, 15) is 9.59 Å². The van der Waals surface area contributed by atoms with Crippen LogP contribution >= 0.6 is 15.9 Å². The van der Waals surface area contributed by atoms with Crippen LogP contribution in [0.5, 0.6) is 0 Å². The van der Waals surface area contributed by atoms with E-state index < -0.39 is 11.8 Å². The summed E-state index contributed by atoms with van der Waals surface area (Å²) in [6, 6.07) is 5.45. The molecule has 0 aliphatic heterocycles. The van der Waals surface area contributed by atoms with Gasteiger partial charge in [0.2, 0.25) is 0 Å². The van der Waals surface area contributed by atoms with Crippen molar-refractivity contribution in [2.75, 3.05) is 11.9 Å². The number of aryl methyl sites for hydroxylation is 1. The Morgan fingerprint density at radius 2 is 1.46 bits per heavy atom. The van der Waals surface area contributed by atoms with Crippen LogP contribution in [0.2, 0.25) is 0 Å². The smallest absolute Gasteiger partial charge is 0.313 e. The minimum atomic E-state index is -0.612. The standard InChI is InChI=1S/C21H33BrN2O2/c1-3-4-5-6-7-8-9-10-11-12-15-23-20(25)21(26)24-18-13-14-19(22)17(2)16-18/h13-14,16H,3-12,15H2,1-2H3,(H,23,25)(H,24,26). The number of benzene rings is 1. The molecule has 4 nitrogen and oxygen atoms in total. The van der Waals surface area contributed by atoms with Crippen molar-refractivity contribution >= 4 is 33.4 Å². The van der Waals surface area contributed by atoms with Crippen molar-refractivity contribution in [2.24, 2.45) is 0 Å². The molecule has 0 aliphatic rings. The molecule has 146 valence electrons. The molecule has 0 spiro atoms. The number of carbonyl (C=O) groups is 2. The summed E-state index contributed by atoms with van der Waals surface area (Å²) in [6.07, 6.45) is 12.5. The van der Waals surface area contributed by atoms with E-state index in [-0.39, 0.29) is 0 Å². The van der Waals surface area contributed by atoms with Gasteiger partial charge in [-0.05, 0) is 37.1 Å². The monoisotopic (exact) mass is 424 g/mol. The Kier molecular flexibility index (Phi) is 12.0. The first kappa shape index (κ1) is 22.7. The molecule has 1 rings (SSSR count). The number of nitrogens with one attached hydrogen (secondary N) is 2. The summed E-state index contributed by atoms with van der Waals surface area (Å²) in [5.41, 5.74) is 1.64. The summed E-state index contributed by atoms with van der Waals surface area (Å²) in [5, 5.41) is 5.32. The molecule has 2 N–H and O–H groups in total. The van der Waals surface area contributed by atoms with Crippen molar-refractivity contribution in [1.29, 1.82) is 0 Å². The summed E-state index contributed by atoms with van der Waals surface area (Å²) in [6.45, 7) is 4.73.